The fourth-order valence-corrected chi connectivity index (χ4v) is 2.83. The average Bonchev–Trinajstić information content (AvgIpc) is 2.95. The van der Waals surface area contributed by atoms with Crippen molar-refractivity contribution in [2.24, 2.45) is 5.92 Å². The van der Waals surface area contributed by atoms with Crippen LogP contribution < -0.4 is 4.74 Å². The van der Waals surface area contributed by atoms with Crippen LogP contribution in [0, 0.1) is 5.92 Å². The van der Waals surface area contributed by atoms with Crippen LogP contribution in [0.5, 0.6) is 5.75 Å². The van der Waals surface area contributed by atoms with E-state index in [-0.39, 0.29) is 6.09 Å². The molecule has 24 heavy (non-hydrogen) atoms. The van der Waals surface area contributed by atoms with Gasteiger partial charge in [-0.3, -0.25) is 0 Å². The van der Waals surface area contributed by atoms with Crippen molar-refractivity contribution in [1.29, 1.82) is 0 Å². The van der Waals surface area contributed by atoms with E-state index in [1.807, 2.05) is 37.8 Å². The van der Waals surface area contributed by atoms with Crippen molar-refractivity contribution in [3.05, 3.63) is 29.8 Å². The zero-order valence-corrected chi connectivity index (χ0v) is 15.2. The Balaban J connectivity index is 1.84. The summed E-state index contributed by atoms with van der Waals surface area (Å²) in [5.41, 5.74) is 0.796. The van der Waals surface area contributed by atoms with Crippen LogP contribution in [0.25, 0.3) is 0 Å². The predicted molar refractivity (Wildman–Crippen MR) is 93.4 cm³/mol. The number of carbonyl (C=O) groups is 1. The summed E-state index contributed by atoms with van der Waals surface area (Å²) in [6.45, 7) is 8.34. The normalized spacial score (nSPS) is 17.8. The zero-order valence-electron chi connectivity index (χ0n) is 15.2. The van der Waals surface area contributed by atoms with E-state index in [0.29, 0.717) is 19.1 Å². The van der Waals surface area contributed by atoms with Crippen LogP contribution in [0.1, 0.15) is 32.8 Å². The Morgan fingerprint density at radius 2 is 2.08 bits per heavy atom. The summed E-state index contributed by atoms with van der Waals surface area (Å²) in [6.07, 6.45) is 1.75. The van der Waals surface area contributed by atoms with E-state index in [2.05, 4.69) is 12.1 Å². The number of hydrogen-bond acceptors (Lipinski definition) is 4. The first kappa shape index (κ1) is 18.6. The fourth-order valence-electron chi connectivity index (χ4n) is 2.83. The second-order valence-electron chi connectivity index (χ2n) is 7.27. The number of amides is 1. The minimum Gasteiger partial charge on any atom is -0.491 e. The molecular formula is C19H29NO4. The van der Waals surface area contributed by atoms with Crippen LogP contribution in [0.3, 0.4) is 0 Å². The van der Waals surface area contributed by atoms with Gasteiger partial charge < -0.3 is 19.1 Å². The summed E-state index contributed by atoms with van der Waals surface area (Å²) in [5.74, 6) is 1.33. The minimum absolute atomic E-state index is 0.207. The lowest BCUT2D eigenvalue weighted by Crippen LogP contribution is -2.35. The van der Waals surface area contributed by atoms with Crippen molar-refractivity contribution in [1.82, 2.24) is 4.90 Å². The van der Waals surface area contributed by atoms with Gasteiger partial charge >= 0.3 is 6.09 Å². The predicted octanol–water partition coefficient (Wildman–Crippen LogP) is 3.51. The number of likely N-dealkylation sites (tertiary alicyclic amines) is 1. The highest BCUT2D eigenvalue weighted by Gasteiger charge is 2.29. The van der Waals surface area contributed by atoms with Gasteiger partial charge in [0, 0.05) is 20.2 Å². The van der Waals surface area contributed by atoms with Gasteiger partial charge in [-0.1, -0.05) is 12.1 Å². The molecule has 1 unspecified atom stereocenters. The van der Waals surface area contributed by atoms with Crippen molar-refractivity contribution in [2.45, 2.75) is 39.2 Å². The lowest BCUT2D eigenvalue weighted by Gasteiger charge is -2.24. The number of nitrogens with zero attached hydrogens (tertiary/aromatic N) is 1. The molecule has 1 saturated heterocycles. The van der Waals surface area contributed by atoms with Gasteiger partial charge in [0.1, 0.15) is 18.0 Å². The van der Waals surface area contributed by atoms with Gasteiger partial charge in [-0.2, -0.15) is 0 Å². The minimum atomic E-state index is -0.441. The van der Waals surface area contributed by atoms with Crippen LogP contribution in [0.2, 0.25) is 0 Å². The molecule has 5 nitrogen and oxygen atoms in total. The van der Waals surface area contributed by atoms with Crippen molar-refractivity contribution < 1.29 is 19.0 Å². The zero-order chi connectivity index (χ0) is 17.6. The molecule has 0 saturated carbocycles. The molecule has 1 aromatic rings. The SMILES string of the molecule is COCCOc1cccc(CC2CCN(C(=O)OC(C)(C)C)C2)c1. The Kier molecular flexibility index (Phi) is 6.49. The van der Waals surface area contributed by atoms with Gasteiger partial charge in [-0.25, -0.2) is 4.79 Å². The lowest BCUT2D eigenvalue weighted by atomic mass is 9.98. The maximum absolute atomic E-state index is 12.1. The summed E-state index contributed by atoms with van der Waals surface area (Å²) in [4.78, 5) is 13.9. The first-order valence-corrected chi connectivity index (χ1v) is 8.56. The molecule has 1 aromatic carbocycles. The van der Waals surface area contributed by atoms with Gasteiger partial charge in [0.25, 0.3) is 0 Å². The summed E-state index contributed by atoms with van der Waals surface area (Å²) in [6, 6.07) is 8.16. The molecule has 1 atom stereocenters. The van der Waals surface area contributed by atoms with Crippen molar-refractivity contribution >= 4 is 6.09 Å². The molecule has 1 amide bonds. The second-order valence-corrected chi connectivity index (χ2v) is 7.27. The van der Waals surface area contributed by atoms with Crippen LogP contribution >= 0.6 is 0 Å². The molecule has 0 N–H and O–H groups in total. The molecule has 1 aliphatic heterocycles. The van der Waals surface area contributed by atoms with E-state index in [9.17, 15) is 4.79 Å². The number of benzene rings is 1. The number of rotatable bonds is 6. The number of methoxy groups -OCH3 is 1. The highest BCUT2D eigenvalue weighted by molar-refractivity contribution is 5.68. The van der Waals surface area contributed by atoms with Crippen molar-refractivity contribution in [3.8, 4) is 5.75 Å². The summed E-state index contributed by atoms with van der Waals surface area (Å²) in [7, 11) is 1.66. The van der Waals surface area contributed by atoms with E-state index in [4.69, 9.17) is 14.2 Å². The van der Waals surface area contributed by atoms with Crippen LogP contribution in [-0.2, 0) is 15.9 Å². The third-order valence-corrected chi connectivity index (χ3v) is 3.92. The van der Waals surface area contributed by atoms with Crippen LogP contribution in [-0.4, -0.2) is 50.0 Å². The topological polar surface area (TPSA) is 48.0 Å². The molecule has 0 aliphatic carbocycles. The fraction of sp³-hybridized carbons (Fsp3) is 0.632. The molecule has 5 heteroatoms. The van der Waals surface area contributed by atoms with Crippen LogP contribution in [0.4, 0.5) is 4.79 Å². The van der Waals surface area contributed by atoms with E-state index in [0.717, 1.165) is 31.7 Å². The first-order valence-electron chi connectivity index (χ1n) is 8.56. The second kappa shape index (κ2) is 8.38. The smallest absolute Gasteiger partial charge is 0.410 e. The van der Waals surface area contributed by atoms with Gasteiger partial charge in [-0.15, -0.1) is 0 Å². The third kappa shape index (κ3) is 6.04. The molecule has 0 aromatic heterocycles. The maximum atomic E-state index is 12.1. The van der Waals surface area contributed by atoms with E-state index < -0.39 is 5.60 Å². The third-order valence-electron chi connectivity index (χ3n) is 3.92. The molecular weight excluding hydrogens is 306 g/mol. The summed E-state index contributed by atoms with van der Waals surface area (Å²) < 4.78 is 16.1. The summed E-state index contributed by atoms with van der Waals surface area (Å²) >= 11 is 0. The molecule has 0 bridgehead atoms. The van der Waals surface area contributed by atoms with E-state index in [1.165, 1.54) is 5.56 Å². The monoisotopic (exact) mass is 335 g/mol. The Morgan fingerprint density at radius 3 is 2.79 bits per heavy atom. The first-order chi connectivity index (χ1) is 11.4. The van der Waals surface area contributed by atoms with Gasteiger partial charge in [-0.05, 0) is 57.2 Å². The van der Waals surface area contributed by atoms with Gasteiger partial charge in [0.2, 0.25) is 0 Å². The Bertz CT molecular complexity index is 538. The largest absolute Gasteiger partial charge is 0.491 e. The van der Waals surface area contributed by atoms with Gasteiger partial charge in [0.15, 0.2) is 0 Å². The van der Waals surface area contributed by atoms with Crippen molar-refractivity contribution in [3.63, 3.8) is 0 Å². The maximum Gasteiger partial charge on any atom is 0.410 e. The molecule has 0 radical (unpaired) electrons. The summed E-state index contributed by atoms with van der Waals surface area (Å²) in [5, 5.41) is 0. The Morgan fingerprint density at radius 1 is 1.29 bits per heavy atom. The molecule has 2 rings (SSSR count). The Labute approximate surface area is 144 Å². The van der Waals surface area contributed by atoms with Gasteiger partial charge in [0.05, 0.1) is 6.61 Å². The number of ether oxygens (including phenoxy) is 3. The molecule has 1 aliphatic rings. The Hall–Kier alpha value is -1.75. The quantitative estimate of drug-likeness (QED) is 0.747. The highest BCUT2D eigenvalue weighted by Crippen LogP contribution is 2.24. The standard InChI is InChI=1S/C19H29NO4/c1-19(2,3)24-18(21)20-9-8-16(14-20)12-15-6-5-7-17(13-15)23-11-10-22-4/h5-7,13,16H,8-12,14H2,1-4H3. The molecule has 1 fully saturated rings. The van der Waals surface area contributed by atoms with E-state index >= 15 is 0 Å². The molecule has 134 valence electrons. The number of carbonyl (C=O) groups excluding carboxylic acids is 1. The van der Waals surface area contributed by atoms with Crippen molar-refractivity contribution in [2.75, 3.05) is 33.4 Å². The molecule has 1 heterocycles. The lowest BCUT2D eigenvalue weighted by molar-refractivity contribution is 0.0288. The molecule has 0 spiro atoms. The highest BCUT2D eigenvalue weighted by atomic mass is 16.6. The van der Waals surface area contributed by atoms with Crippen LogP contribution in [0.15, 0.2) is 24.3 Å². The number of hydrogen-bond donors (Lipinski definition) is 0. The average molecular weight is 335 g/mol. The van der Waals surface area contributed by atoms with E-state index in [1.54, 1.807) is 7.11 Å².